The average Bonchev–Trinajstić information content (AvgIpc) is 0.927. The molecule has 0 amide bonds. The first kappa shape index (κ1) is 92.0. The van der Waals surface area contributed by atoms with Crippen LogP contribution in [0.5, 0.6) is 0 Å². The third-order valence-electron chi connectivity index (χ3n) is 25.4. The fourth-order valence-corrected chi connectivity index (χ4v) is 24.3. The van der Waals surface area contributed by atoms with Crippen molar-refractivity contribution in [1.82, 2.24) is 0 Å². The number of furan rings is 2. The maximum atomic E-state index is 13.1. The van der Waals surface area contributed by atoms with Gasteiger partial charge in [-0.3, -0.25) is 0 Å². The molecule has 14 rings (SSSR count). The molecular formula is C105H136F6GeO2. The van der Waals surface area contributed by atoms with Gasteiger partial charge < -0.3 is 8.83 Å². The molecular weight excluding hydrogens is 1480 g/mol. The minimum Gasteiger partial charge on any atom is -0.467 e. The summed E-state index contributed by atoms with van der Waals surface area (Å²) in [5.41, 5.74) is 17.4. The number of hydrogen-bond donors (Lipinski definition) is 0. The molecule has 4 fully saturated rings. The molecule has 10 aromatic rings. The molecule has 9 heteroatoms. The van der Waals surface area contributed by atoms with Crippen LogP contribution in [0.15, 0.2) is 227 Å². The molecule has 2 heterocycles. The Bertz CT molecular complexity index is 4350. The van der Waals surface area contributed by atoms with Gasteiger partial charge in [-0.2, -0.15) is 26.3 Å². The van der Waals surface area contributed by atoms with E-state index >= 15 is 0 Å². The first-order valence-electron chi connectivity index (χ1n) is 42.8. The second kappa shape index (κ2) is 42.0. The van der Waals surface area contributed by atoms with E-state index in [4.69, 9.17) is 8.83 Å². The van der Waals surface area contributed by atoms with Gasteiger partial charge in [0.2, 0.25) is 0 Å². The third-order valence-corrected chi connectivity index (χ3v) is 37.2. The molecule has 2 aromatic heterocycles. The van der Waals surface area contributed by atoms with E-state index < -0.39 is 36.4 Å². The Balaban J connectivity index is 0.000000171. The van der Waals surface area contributed by atoms with Gasteiger partial charge in [-0.05, 0) is 242 Å². The summed E-state index contributed by atoms with van der Waals surface area (Å²) in [6, 6.07) is 78.3. The van der Waals surface area contributed by atoms with Crippen LogP contribution in [0.2, 0.25) is 15.8 Å². The minimum absolute atomic E-state index is 0.223. The predicted molar refractivity (Wildman–Crippen MR) is 475 cm³/mol. The molecule has 0 N–H and O–H groups in total. The van der Waals surface area contributed by atoms with E-state index in [2.05, 4.69) is 271 Å². The largest absolute Gasteiger partial charge is 0.467 e. The SMILES string of the molecule is C[CH2][Ge]([CH2]C)([CH2]C)[c]1ccc(-c2ccc(C)cc2)cc1.Cc1ccc(-c2ccc(C3CCC(C)(C(F)(F)F)CC3)cc2)cc1.Cc1ccc(-c2ccc(C3CCC(C)(C)CC3)cc2)cc1.Cc1ccc(C)o1.Cc1ccc(C2CCC(C)(C(F)(F)F)CC2)cc1.Cc1ccc(C2CCCCC2)cc1.Cc1ccc(CC(C)(C)C)o1. The first-order chi connectivity index (χ1) is 53.9. The van der Waals surface area contributed by atoms with Gasteiger partial charge >= 0.3 is 139 Å². The summed E-state index contributed by atoms with van der Waals surface area (Å²) in [5.74, 6) is 6.22. The van der Waals surface area contributed by atoms with E-state index in [0.717, 1.165) is 52.4 Å². The van der Waals surface area contributed by atoms with E-state index in [1.54, 1.807) is 9.96 Å². The summed E-state index contributed by atoms with van der Waals surface area (Å²) in [7, 11) is 0. The molecule has 0 unspecified atom stereocenters. The van der Waals surface area contributed by atoms with Crippen LogP contribution in [0.25, 0.3) is 33.4 Å². The van der Waals surface area contributed by atoms with Gasteiger partial charge in [0.05, 0.1) is 10.8 Å². The van der Waals surface area contributed by atoms with Crippen LogP contribution < -0.4 is 4.40 Å². The van der Waals surface area contributed by atoms with Crippen LogP contribution in [-0.2, 0) is 6.42 Å². The number of alkyl halides is 6. The average molecular weight is 1620 g/mol. The standard InChI is InChI=1S/C21H23F3.C21H26.C19H26Ge.C15H19F3.C13H18.C10H16O.C6H8O/c1-15-3-5-16(6-4-15)17-7-9-18(10-8-17)19-11-13-20(2,14-12-19)21(22,23)24;1-16-4-6-17(7-5-16)18-8-10-19(11-9-18)20-12-14-21(2,3)15-13-20;1-5-20(6-2,7-3)19-14-12-18(13-15-19)17-10-8-16(4)9-11-17;1-11-3-5-12(6-4-11)13-7-9-14(2,10-8-13)15(16,17)18;1-11-7-9-13(10-8-11)12-5-3-2-4-6-12;1-8-5-6-9(11-8)7-10(2,3)4;1-5-3-4-6(2)7-5/h3-10,19H,11-14H2,1-2H3;4-11,20H,12-15H2,1-3H3;8-15H,5-7H2,1-4H3;3-6,13H,7-10H2,1-2H3;7-10,12H,2-6H2,1H3;5-6H,7H2,1-4H3;3-4H,1-2H3. The summed E-state index contributed by atoms with van der Waals surface area (Å²) < 4.78 is 90.3. The van der Waals surface area contributed by atoms with Crippen molar-refractivity contribution in [3.8, 4) is 33.4 Å². The summed E-state index contributed by atoms with van der Waals surface area (Å²) in [5, 5.41) is 4.20. The van der Waals surface area contributed by atoms with Gasteiger partial charge in [0.25, 0.3) is 0 Å². The quantitative estimate of drug-likeness (QED) is 0.0900. The molecule has 0 spiro atoms. The molecule has 2 nitrogen and oxygen atoms in total. The van der Waals surface area contributed by atoms with Crippen LogP contribution in [0.1, 0.15) is 275 Å². The van der Waals surface area contributed by atoms with Crippen LogP contribution in [0.4, 0.5) is 26.3 Å². The van der Waals surface area contributed by atoms with Crippen molar-refractivity contribution in [3.05, 3.63) is 292 Å². The summed E-state index contributed by atoms with van der Waals surface area (Å²) in [6.45, 7) is 37.7. The Morgan fingerprint density at radius 3 is 0.807 bits per heavy atom. The molecule has 114 heavy (non-hydrogen) atoms. The second-order valence-electron chi connectivity index (χ2n) is 36.4. The van der Waals surface area contributed by atoms with Gasteiger partial charge in [0, 0.05) is 6.42 Å². The minimum atomic E-state index is -4.09. The molecule has 0 aliphatic heterocycles. The number of aryl methyl sites for hydroxylation is 8. The zero-order valence-corrected chi connectivity index (χ0v) is 74.6. The van der Waals surface area contributed by atoms with Crippen molar-refractivity contribution in [3.63, 3.8) is 0 Å². The molecule has 4 aliphatic carbocycles. The summed E-state index contributed by atoms with van der Waals surface area (Å²) >= 11 is -1.78. The molecule has 0 saturated heterocycles. The topological polar surface area (TPSA) is 26.3 Å². The Morgan fingerprint density at radius 1 is 0.307 bits per heavy atom. The molecule has 0 bridgehead atoms. The number of hydrogen-bond acceptors (Lipinski definition) is 2. The van der Waals surface area contributed by atoms with E-state index in [9.17, 15) is 26.3 Å². The fraction of sp³-hybridized carbons (Fsp3) is 0.467. The molecule has 4 saturated carbocycles. The van der Waals surface area contributed by atoms with Crippen LogP contribution in [-0.4, -0.2) is 25.6 Å². The van der Waals surface area contributed by atoms with Crippen molar-refractivity contribution < 1.29 is 35.2 Å². The number of halogens is 6. The zero-order chi connectivity index (χ0) is 83.1. The fourth-order valence-electron chi connectivity index (χ4n) is 16.8. The molecule has 4 aliphatic rings. The summed E-state index contributed by atoms with van der Waals surface area (Å²) in [6.07, 6.45) is 8.82. The van der Waals surface area contributed by atoms with Gasteiger partial charge in [-0.25, -0.2) is 0 Å². The monoisotopic (exact) mass is 1620 g/mol. The van der Waals surface area contributed by atoms with Crippen LogP contribution in [0.3, 0.4) is 0 Å². The van der Waals surface area contributed by atoms with Crippen LogP contribution in [0, 0.1) is 77.0 Å². The Hall–Kier alpha value is -7.56. The predicted octanol–water partition coefficient (Wildman–Crippen LogP) is 32.9. The van der Waals surface area contributed by atoms with Crippen molar-refractivity contribution in [2.24, 2.45) is 21.7 Å². The van der Waals surface area contributed by atoms with Crippen molar-refractivity contribution >= 4 is 17.7 Å². The maximum Gasteiger partial charge on any atom is 0.394 e. The zero-order valence-electron chi connectivity index (χ0n) is 72.5. The van der Waals surface area contributed by atoms with Crippen molar-refractivity contribution in [1.29, 1.82) is 0 Å². The number of benzene rings is 8. The molecule has 614 valence electrons. The smallest absolute Gasteiger partial charge is 0.394 e. The Kier molecular flexibility index (Phi) is 33.9. The van der Waals surface area contributed by atoms with Crippen LogP contribution >= 0.6 is 0 Å². The van der Waals surface area contributed by atoms with E-state index in [-0.39, 0.29) is 31.6 Å². The first-order valence-corrected chi connectivity index (χ1v) is 48.3. The van der Waals surface area contributed by atoms with E-state index in [1.165, 1.54) is 154 Å². The molecule has 8 aromatic carbocycles. The van der Waals surface area contributed by atoms with E-state index in [1.807, 2.05) is 58.0 Å². The Labute approximate surface area is 687 Å². The van der Waals surface area contributed by atoms with Crippen molar-refractivity contribution in [2.75, 3.05) is 0 Å². The number of rotatable bonds is 12. The third kappa shape index (κ3) is 27.8. The van der Waals surface area contributed by atoms with Gasteiger partial charge in [-0.15, -0.1) is 0 Å². The molecule has 0 radical (unpaired) electrons. The second-order valence-corrected chi connectivity index (χ2v) is 47.5. The maximum absolute atomic E-state index is 13.1. The normalized spacial score (nSPS) is 19.2. The van der Waals surface area contributed by atoms with Gasteiger partial charge in [0.1, 0.15) is 23.0 Å². The summed E-state index contributed by atoms with van der Waals surface area (Å²) in [4.78, 5) is 0. The van der Waals surface area contributed by atoms with Gasteiger partial charge in [-0.1, -0.05) is 236 Å². The molecule has 0 atom stereocenters. The van der Waals surface area contributed by atoms with E-state index in [0.29, 0.717) is 42.4 Å². The van der Waals surface area contributed by atoms with Gasteiger partial charge in [0.15, 0.2) is 0 Å². The Morgan fingerprint density at radius 2 is 0.553 bits per heavy atom. The van der Waals surface area contributed by atoms with Crippen molar-refractivity contribution in [2.45, 2.75) is 292 Å².